The van der Waals surface area contributed by atoms with Gasteiger partial charge in [0.15, 0.2) is 6.29 Å². The Labute approximate surface area is 288 Å². The van der Waals surface area contributed by atoms with Crippen molar-refractivity contribution in [1.29, 1.82) is 0 Å². The molecule has 7 fully saturated rings. The van der Waals surface area contributed by atoms with Crippen LogP contribution < -0.4 is 0 Å². The number of ether oxygens (including phenoxy) is 4. The van der Waals surface area contributed by atoms with Gasteiger partial charge in [0.05, 0.1) is 43.2 Å². The van der Waals surface area contributed by atoms with Gasteiger partial charge in [-0.1, -0.05) is 34.6 Å². The van der Waals surface area contributed by atoms with E-state index in [1.54, 1.807) is 6.92 Å². The van der Waals surface area contributed by atoms with Crippen molar-refractivity contribution in [2.24, 2.45) is 50.7 Å². The number of carboxylic acids is 1. The van der Waals surface area contributed by atoms with E-state index < -0.39 is 36.1 Å². The van der Waals surface area contributed by atoms with Gasteiger partial charge in [0.25, 0.3) is 0 Å². The molecule has 3 N–H and O–H groups in total. The zero-order valence-electron chi connectivity index (χ0n) is 31.2. The fourth-order valence-corrected chi connectivity index (χ4v) is 14.1. The Morgan fingerprint density at radius 2 is 1.75 bits per heavy atom. The van der Waals surface area contributed by atoms with Gasteiger partial charge < -0.3 is 34.3 Å². The Morgan fingerprint density at radius 3 is 2.42 bits per heavy atom. The van der Waals surface area contributed by atoms with Crippen molar-refractivity contribution in [3.05, 3.63) is 0 Å². The first kappa shape index (κ1) is 35.6. The van der Waals surface area contributed by atoms with E-state index in [1.165, 1.54) is 12.8 Å². The Morgan fingerprint density at radius 1 is 1.06 bits per heavy atom. The topological polar surface area (TPSA) is 118 Å². The van der Waals surface area contributed by atoms with Crippen LogP contribution in [0.4, 0.5) is 0 Å². The molecule has 2 aliphatic heterocycles. The van der Waals surface area contributed by atoms with E-state index in [1.807, 2.05) is 25.7 Å². The predicted octanol–water partition coefficient (Wildman–Crippen LogP) is 5.49. The van der Waals surface area contributed by atoms with E-state index in [9.17, 15) is 20.1 Å². The summed E-state index contributed by atoms with van der Waals surface area (Å²) >= 11 is 0. The third-order valence-electron chi connectivity index (χ3n) is 16.4. The van der Waals surface area contributed by atoms with Crippen LogP contribution in [-0.2, 0) is 23.7 Å². The van der Waals surface area contributed by atoms with E-state index in [0.717, 1.165) is 38.5 Å². The Hall–Kier alpha value is -0.810. The van der Waals surface area contributed by atoms with Gasteiger partial charge in [0, 0.05) is 18.6 Å². The Balaban J connectivity index is 1.11. The predicted molar refractivity (Wildman–Crippen MR) is 181 cm³/mol. The smallest absolute Gasteiger partial charge is 0.320 e. The van der Waals surface area contributed by atoms with Crippen LogP contribution in [0.15, 0.2) is 0 Å². The minimum atomic E-state index is -1.03. The number of aliphatic hydroxyl groups excluding tert-OH is 1. The molecule has 0 amide bonds. The molecule has 7 rings (SSSR count). The van der Waals surface area contributed by atoms with Crippen molar-refractivity contribution in [2.75, 3.05) is 26.3 Å². The minimum Gasteiger partial charge on any atom is -0.480 e. The minimum absolute atomic E-state index is 0.0169. The Bertz CT molecular complexity index is 1250. The van der Waals surface area contributed by atoms with Crippen LogP contribution in [0.1, 0.15) is 114 Å². The van der Waals surface area contributed by atoms with Crippen molar-refractivity contribution in [1.82, 2.24) is 4.90 Å². The first-order valence-electron chi connectivity index (χ1n) is 19.3. The highest BCUT2D eigenvalue weighted by molar-refractivity contribution is 5.72. The zero-order valence-corrected chi connectivity index (χ0v) is 31.2. The molecule has 0 aromatic rings. The van der Waals surface area contributed by atoms with E-state index in [4.69, 9.17) is 18.9 Å². The molecule has 4 unspecified atom stereocenters. The highest BCUT2D eigenvalue weighted by atomic mass is 16.7. The molecule has 2 saturated heterocycles. The molecule has 0 aromatic carbocycles. The molecule has 5 saturated carbocycles. The quantitative estimate of drug-likeness (QED) is 0.307. The van der Waals surface area contributed by atoms with Crippen LogP contribution in [0.5, 0.6) is 0 Å². The lowest BCUT2D eigenvalue weighted by Crippen LogP contribution is -2.60. The fourth-order valence-electron chi connectivity index (χ4n) is 14.1. The Kier molecular flexibility index (Phi) is 8.60. The lowest BCUT2D eigenvalue weighted by molar-refractivity contribution is -0.250. The fraction of sp³-hybridized carbons (Fsp3) is 0.974. The molecule has 15 atom stereocenters. The molecule has 5 aliphatic carbocycles. The number of nitrogens with zero attached hydrogens (tertiary/aromatic N) is 1. The number of morpholine rings is 1. The van der Waals surface area contributed by atoms with Gasteiger partial charge in [-0.25, -0.2) is 0 Å². The van der Waals surface area contributed by atoms with E-state index >= 15 is 0 Å². The number of hydrogen-bond donors (Lipinski definition) is 3. The van der Waals surface area contributed by atoms with Gasteiger partial charge in [0.1, 0.15) is 12.1 Å². The largest absolute Gasteiger partial charge is 0.480 e. The van der Waals surface area contributed by atoms with Crippen molar-refractivity contribution < 1.29 is 39.1 Å². The highest BCUT2D eigenvalue weighted by Gasteiger charge is 2.84. The molecule has 9 nitrogen and oxygen atoms in total. The molecule has 0 radical (unpaired) electrons. The molecular weight excluding hydrogens is 610 g/mol. The number of carboxylic acid groups (broad SMARTS) is 1. The molecule has 2 spiro atoms. The number of rotatable bonds is 8. The average Bonchev–Trinajstić information content (AvgIpc) is 3.65. The summed E-state index contributed by atoms with van der Waals surface area (Å²) in [7, 11) is 0. The summed E-state index contributed by atoms with van der Waals surface area (Å²) in [5.41, 5.74) is -0.793. The van der Waals surface area contributed by atoms with Gasteiger partial charge in [-0.15, -0.1) is 0 Å². The standard InChI is InChI=1S/C39H65NO8/c1-10-45-32(35(6,7)44)24-19-22(2)29-30(47-24)31(41)37(9)26-12-11-25-34(4,5)27(48-28-20-40(17-18-46-28)23(3)33(42)43)13-14-38(25)21-39(26,38)16-15-36(29,37)8/h22-32,41,44H,10-21H2,1-9H3,(H,42,43)/t22-,23+,24?,25+,26?,27?,28+,29+,30?,31+,32+,36-,37-,38-,39+/m1/s1. The van der Waals surface area contributed by atoms with Crippen molar-refractivity contribution in [3.63, 3.8) is 0 Å². The van der Waals surface area contributed by atoms with E-state index in [-0.39, 0.29) is 51.3 Å². The molecule has 274 valence electrons. The number of aliphatic carboxylic acids is 1. The number of fused-ring (bicyclic) bond motifs is 4. The van der Waals surface area contributed by atoms with Crippen molar-refractivity contribution >= 4 is 5.97 Å². The zero-order chi connectivity index (χ0) is 34.8. The van der Waals surface area contributed by atoms with E-state index in [2.05, 4.69) is 34.6 Å². The summed E-state index contributed by atoms with van der Waals surface area (Å²) < 4.78 is 25.9. The summed E-state index contributed by atoms with van der Waals surface area (Å²) in [6.45, 7) is 21.5. The van der Waals surface area contributed by atoms with Crippen LogP contribution in [0, 0.1) is 50.7 Å². The maximum absolute atomic E-state index is 12.6. The maximum atomic E-state index is 12.6. The van der Waals surface area contributed by atoms with Gasteiger partial charge in [0.2, 0.25) is 0 Å². The molecule has 2 heterocycles. The summed E-state index contributed by atoms with van der Waals surface area (Å²) in [6, 6.07) is -0.552. The first-order chi connectivity index (χ1) is 22.4. The van der Waals surface area contributed by atoms with Gasteiger partial charge in [-0.2, -0.15) is 0 Å². The average molecular weight is 676 g/mol. The summed E-state index contributed by atoms with van der Waals surface area (Å²) in [4.78, 5) is 13.6. The highest BCUT2D eigenvalue weighted by Crippen LogP contribution is 2.89. The SMILES string of the molecule is CCO[C@@H](C1C[C@@H](C)[C@H]2C(O1)[C@H](O)[C@@]1(C)C3CC[C@H]4C(C)(C)C(O[C@H]5CN([C@@H](C)C(=O)O)CCO5)CC[C@@]45C[C@@]35CC[C@]21C)C(C)(C)O. The molecule has 48 heavy (non-hydrogen) atoms. The molecule has 0 bridgehead atoms. The molecule has 7 aliphatic rings. The second-order valence-corrected chi connectivity index (χ2v) is 19.0. The third-order valence-corrected chi connectivity index (χ3v) is 16.4. The third kappa shape index (κ3) is 4.76. The van der Waals surface area contributed by atoms with Crippen LogP contribution in [0.3, 0.4) is 0 Å². The van der Waals surface area contributed by atoms with Crippen LogP contribution in [-0.4, -0.2) is 101 Å². The second-order valence-electron chi connectivity index (χ2n) is 19.0. The lowest BCUT2D eigenvalue weighted by Gasteiger charge is -2.64. The van der Waals surface area contributed by atoms with Crippen LogP contribution >= 0.6 is 0 Å². The monoisotopic (exact) mass is 675 g/mol. The molecule has 9 heteroatoms. The normalized spacial score (nSPS) is 51.0. The van der Waals surface area contributed by atoms with Crippen LogP contribution in [0.25, 0.3) is 0 Å². The summed E-state index contributed by atoms with van der Waals surface area (Å²) in [5, 5.41) is 33.2. The second kappa shape index (κ2) is 11.6. The molecular formula is C39H65NO8. The number of aliphatic hydroxyl groups is 2. The summed E-state index contributed by atoms with van der Waals surface area (Å²) in [6.07, 6.45) is 7.04. The number of carbonyl (C=O) groups is 1. The van der Waals surface area contributed by atoms with Crippen molar-refractivity contribution in [3.8, 4) is 0 Å². The summed E-state index contributed by atoms with van der Waals surface area (Å²) in [5.74, 6) is 0.835. The first-order valence-corrected chi connectivity index (χ1v) is 19.3. The maximum Gasteiger partial charge on any atom is 0.320 e. The van der Waals surface area contributed by atoms with Gasteiger partial charge in [-0.05, 0) is 124 Å². The van der Waals surface area contributed by atoms with Gasteiger partial charge in [-0.3, -0.25) is 9.69 Å². The van der Waals surface area contributed by atoms with Crippen molar-refractivity contribution in [2.45, 2.75) is 162 Å². The lowest BCUT2D eigenvalue weighted by atomic mass is 9.41. The van der Waals surface area contributed by atoms with Gasteiger partial charge >= 0.3 is 5.97 Å². The number of hydrogen-bond acceptors (Lipinski definition) is 8. The van der Waals surface area contributed by atoms with E-state index in [0.29, 0.717) is 44.1 Å². The molecule has 0 aromatic heterocycles. The van der Waals surface area contributed by atoms with Crippen LogP contribution in [0.2, 0.25) is 0 Å².